The number of carboxylic acid groups (broad SMARTS) is 1. The minimum Gasteiger partial charge on any atom is -0.477 e. The maximum Gasteiger partial charge on any atom is 0.347 e. The topological polar surface area (TPSA) is 79.3 Å². The highest BCUT2D eigenvalue weighted by Crippen LogP contribution is 2.24. The van der Waals surface area contributed by atoms with Crippen molar-refractivity contribution in [3.05, 3.63) is 37.5 Å². The van der Waals surface area contributed by atoms with Gasteiger partial charge in [0, 0.05) is 0 Å². The van der Waals surface area contributed by atoms with Gasteiger partial charge in [0.1, 0.15) is 9.88 Å². The van der Waals surface area contributed by atoms with Crippen molar-refractivity contribution in [3.8, 4) is 0 Å². The van der Waals surface area contributed by atoms with Crippen LogP contribution in [-0.4, -0.2) is 22.0 Å². The number of carbonyl (C=O) groups is 2. The number of thiophene rings is 1. The van der Waals surface area contributed by atoms with E-state index < -0.39 is 5.97 Å². The van der Waals surface area contributed by atoms with Gasteiger partial charge in [-0.15, -0.1) is 22.7 Å². The predicted octanol–water partition coefficient (Wildman–Crippen LogP) is 3.01. The number of aromatic carboxylic acids is 1. The van der Waals surface area contributed by atoms with Crippen molar-refractivity contribution in [2.45, 2.75) is 26.8 Å². The lowest BCUT2D eigenvalue weighted by atomic mass is 10.2. The third-order valence-corrected chi connectivity index (χ3v) is 5.14. The highest BCUT2D eigenvalue weighted by Gasteiger charge is 2.20. The van der Waals surface area contributed by atoms with E-state index in [2.05, 4.69) is 10.3 Å². The van der Waals surface area contributed by atoms with Crippen LogP contribution in [0.2, 0.25) is 0 Å². The number of nitrogens with one attached hydrogen (secondary N) is 1. The summed E-state index contributed by atoms with van der Waals surface area (Å²) >= 11 is 2.48. The molecule has 0 radical (unpaired) electrons. The maximum atomic E-state index is 12.1. The van der Waals surface area contributed by atoms with Crippen LogP contribution < -0.4 is 5.32 Å². The maximum absolute atomic E-state index is 12.1. The number of nitrogens with zero attached hydrogens (tertiary/aromatic N) is 1. The van der Waals surface area contributed by atoms with Gasteiger partial charge in [0.2, 0.25) is 0 Å². The molecule has 0 aliphatic carbocycles. The van der Waals surface area contributed by atoms with E-state index in [0.717, 1.165) is 16.9 Å². The minimum atomic E-state index is -0.987. The zero-order chi connectivity index (χ0) is 14.9. The molecule has 0 spiro atoms. The molecule has 1 atom stereocenters. The van der Waals surface area contributed by atoms with E-state index in [4.69, 9.17) is 5.11 Å². The van der Waals surface area contributed by atoms with E-state index in [1.165, 1.54) is 11.3 Å². The number of carboxylic acids is 1. The van der Waals surface area contributed by atoms with Gasteiger partial charge in [-0.05, 0) is 37.8 Å². The van der Waals surface area contributed by atoms with Crippen molar-refractivity contribution >= 4 is 34.6 Å². The first kappa shape index (κ1) is 14.7. The highest BCUT2D eigenvalue weighted by molar-refractivity contribution is 7.13. The van der Waals surface area contributed by atoms with Gasteiger partial charge in [-0.3, -0.25) is 4.79 Å². The van der Waals surface area contributed by atoms with Crippen LogP contribution in [0.15, 0.2) is 11.4 Å². The summed E-state index contributed by atoms with van der Waals surface area (Å²) in [4.78, 5) is 28.2. The molecule has 0 saturated carbocycles. The van der Waals surface area contributed by atoms with Gasteiger partial charge in [0.25, 0.3) is 5.91 Å². The molecular formula is C13H14N2O3S2. The van der Waals surface area contributed by atoms with Crippen molar-refractivity contribution in [3.63, 3.8) is 0 Å². The van der Waals surface area contributed by atoms with Crippen LogP contribution in [0, 0.1) is 13.8 Å². The molecule has 5 nitrogen and oxygen atoms in total. The number of thiazole rings is 1. The Morgan fingerprint density at radius 1 is 1.35 bits per heavy atom. The normalized spacial score (nSPS) is 12.2. The Kier molecular flexibility index (Phi) is 4.20. The number of hydrogen-bond donors (Lipinski definition) is 2. The molecule has 0 aliphatic rings. The van der Waals surface area contributed by atoms with Crippen LogP contribution >= 0.6 is 22.7 Å². The third-order valence-electron chi connectivity index (χ3n) is 2.79. The van der Waals surface area contributed by atoms with Gasteiger partial charge in [-0.25, -0.2) is 9.78 Å². The van der Waals surface area contributed by atoms with Gasteiger partial charge < -0.3 is 10.4 Å². The summed E-state index contributed by atoms with van der Waals surface area (Å²) in [5, 5.41) is 14.3. The van der Waals surface area contributed by atoms with Gasteiger partial charge in [0.15, 0.2) is 0 Å². The molecule has 2 aromatic rings. The van der Waals surface area contributed by atoms with Gasteiger partial charge in [-0.1, -0.05) is 0 Å². The van der Waals surface area contributed by atoms with Crippen molar-refractivity contribution in [1.82, 2.24) is 10.3 Å². The molecule has 0 aromatic carbocycles. The number of rotatable bonds is 4. The molecule has 0 aliphatic heterocycles. The zero-order valence-electron chi connectivity index (χ0n) is 11.3. The Hall–Kier alpha value is -1.73. The van der Waals surface area contributed by atoms with Crippen LogP contribution in [0.4, 0.5) is 0 Å². The number of hydrogen-bond acceptors (Lipinski definition) is 5. The fraction of sp³-hybridized carbons (Fsp3) is 0.308. The molecule has 20 heavy (non-hydrogen) atoms. The van der Waals surface area contributed by atoms with Crippen molar-refractivity contribution < 1.29 is 14.7 Å². The smallest absolute Gasteiger partial charge is 0.347 e. The first-order chi connectivity index (χ1) is 9.40. The summed E-state index contributed by atoms with van der Waals surface area (Å²) in [5.74, 6) is -1.14. The van der Waals surface area contributed by atoms with Crippen LogP contribution in [0.1, 0.15) is 48.6 Å². The Bertz CT molecular complexity index is 660. The molecule has 1 unspecified atom stereocenters. The second kappa shape index (κ2) is 5.72. The number of amides is 1. The first-order valence-corrected chi connectivity index (χ1v) is 7.65. The molecule has 7 heteroatoms. The predicted molar refractivity (Wildman–Crippen MR) is 78.7 cm³/mol. The second-order valence-corrected chi connectivity index (χ2v) is 6.35. The van der Waals surface area contributed by atoms with E-state index in [0.29, 0.717) is 15.6 Å². The summed E-state index contributed by atoms with van der Waals surface area (Å²) in [6.45, 7) is 5.33. The quantitative estimate of drug-likeness (QED) is 0.910. The Morgan fingerprint density at radius 2 is 2.05 bits per heavy atom. The Labute approximate surface area is 124 Å². The standard InChI is InChI=1S/C13H14N2O3S2/c1-6-4-5-19-9(6)11(16)14-8(3)12-15-7(2)10(20-12)13(17)18/h4-5,8H,1-3H3,(H,14,16)(H,17,18). The van der Waals surface area contributed by atoms with Crippen molar-refractivity contribution in [2.24, 2.45) is 0 Å². The summed E-state index contributed by atoms with van der Waals surface area (Å²) in [7, 11) is 0. The zero-order valence-corrected chi connectivity index (χ0v) is 12.9. The van der Waals surface area contributed by atoms with Gasteiger partial charge in [-0.2, -0.15) is 0 Å². The van der Waals surface area contributed by atoms with E-state index in [1.54, 1.807) is 13.8 Å². The van der Waals surface area contributed by atoms with E-state index in [-0.39, 0.29) is 16.8 Å². The lowest BCUT2D eigenvalue weighted by molar-refractivity contribution is 0.0701. The number of carbonyl (C=O) groups excluding carboxylic acids is 1. The average molecular weight is 310 g/mol. The lowest BCUT2D eigenvalue weighted by Crippen LogP contribution is -2.26. The first-order valence-electron chi connectivity index (χ1n) is 5.95. The summed E-state index contributed by atoms with van der Waals surface area (Å²) in [5.41, 5.74) is 1.41. The highest BCUT2D eigenvalue weighted by atomic mass is 32.1. The molecule has 0 saturated heterocycles. The monoisotopic (exact) mass is 310 g/mol. The molecule has 1 amide bonds. The van der Waals surface area contributed by atoms with Crippen LogP contribution in [0.5, 0.6) is 0 Å². The fourth-order valence-electron chi connectivity index (χ4n) is 1.73. The largest absolute Gasteiger partial charge is 0.477 e. The molecule has 106 valence electrons. The van der Waals surface area contributed by atoms with Crippen LogP contribution in [0.3, 0.4) is 0 Å². The molecule has 0 bridgehead atoms. The second-order valence-electron chi connectivity index (χ2n) is 4.40. The summed E-state index contributed by atoms with van der Waals surface area (Å²) < 4.78 is 0. The molecular weight excluding hydrogens is 296 g/mol. The van der Waals surface area contributed by atoms with E-state index >= 15 is 0 Å². The van der Waals surface area contributed by atoms with Gasteiger partial charge >= 0.3 is 5.97 Å². The molecule has 0 fully saturated rings. The molecule has 2 rings (SSSR count). The number of aryl methyl sites for hydroxylation is 2. The molecule has 2 aromatic heterocycles. The van der Waals surface area contributed by atoms with Crippen molar-refractivity contribution in [1.29, 1.82) is 0 Å². The lowest BCUT2D eigenvalue weighted by Gasteiger charge is -2.10. The molecule has 2 heterocycles. The fourth-order valence-corrected chi connectivity index (χ4v) is 3.47. The Morgan fingerprint density at radius 3 is 2.55 bits per heavy atom. The molecule has 2 N–H and O–H groups in total. The Balaban J connectivity index is 2.14. The van der Waals surface area contributed by atoms with Crippen LogP contribution in [0.25, 0.3) is 0 Å². The average Bonchev–Trinajstić information content (AvgIpc) is 2.95. The third kappa shape index (κ3) is 2.88. The van der Waals surface area contributed by atoms with E-state index in [1.807, 2.05) is 18.4 Å². The summed E-state index contributed by atoms with van der Waals surface area (Å²) in [6.07, 6.45) is 0. The SMILES string of the molecule is Cc1ccsc1C(=O)NC(C)c1nc(C)c(C(=O)O)s1. The van der Waals surface area contributed by atoms with Crippen molar-refractivity contribution in [2.75, 3.05) is 0 Å². The van der Waals surface area contributed by atoms with Crippen LogP contribution in [-0.2, 0) is 0 Å². The minimum absolute atomic E-state index is 0.158. The number of aromatic nitrogens is 1. The summed E-state index contributed by atoms with van der Waals surface area (Å²) in [6, 6.07) is 1.57. The van der Waals surface area contributed by atoms with E-state index in [9.17, 15) is 9.59 Å². The van der Waals surface area contributed by atoms with Gasteiger partial charge in [0.05, 0.1) is 16.6 Å².